The van der Waals surface area contributed by atoms with E-state index < -0.39 is 0 Å². The van der Waals surface area contributed by atoms with E-state index in [1.165, 1.54) is 0 Å². The van der Waals surface area contributed by atoms with Gasteiger partial charge in [-0.1, -0.05) is 12.1 Å². The number of fused-ring (bicyclic) bond motifs is 1. The Labute approximate surface area is 121 Å². The lowest BCUT2D eigenvalue weighted by Crippen LogP contribution is -2.15. The van der Waals surface area contributed by atoms with E-state index in [9.17, 15) is 0 Å². The molecule has 0 aliphatic carbocycles. The second-order valence-corrected chi connectivity index (χ2v) is 5.25. The van der Waals surface area contributed by atoms with Crippen LogP contribution in [0.15, 0.2) is 35.8 Å². The summed E-state index contributed by atoms with van der Waals surface area (Å²) in [5.74, 6) is 1.68. The van der Waals surface area contributed by atoms with Crippen molar-refractivity contribution >= 4 is 27.8 Å². The highest BCUT2D eigenvalue weighted by Crippen LogP contribution is 2.34. The lowest BCUT2D eigenvalue weighted by atomic mass is 10.2. The molecule has 0 aliphatic heterocycles. The first-order valence-electron chi connectivity index (χ1n) is 6.27. The Morgan fingerprint density at radius 2 is 2.20 bits per heavy atom. The van der Waals surface area contributed by atoms with Gasteiger partial charge >= 0.3 is 0 Å². The summed E-state index contributed by atoms with van der Waals surface area (Å²) in [6.07, 6.45) is 1.99. The Morgan fingerprint density at radius 1 is 1.40 bits per heavy atom. The van der Waals surface area contributed by atoms with Crippen molar-refractivity contribution in [1.29, 1.82) is 0 Å². The Kier molecular flexibility index (Phi) is 3.33. The summed E-state index contributed by atoms with van der Waals surface area (Å²) in [5.41, 5.74) is 7.86. The first-order chi connectivity index (χ1) is 9.76. The summed E-state index contributed by atoms with van der Waals surface area (Å²) in [4.78, 5) is 7.63. The van der Waals surface area contributed by atoms with E-state index >= 15 is 0 Å². The molecule has 1 aromatic carbocycles. The summed E-state index contributed by atoms with van der Waals surface area (Å²) in [7, 11) is 3.64. The van der Waals surface area contributed by atoms with Gasteiger partial charge in [0, 0.05) is 25.2 Å². The maximum Gasteiger partial charge on any atom is 0.195 e. The highest BCUT2D eigenvalue weighted by molar-refractivity contribution is 7.15. The van der Waals surface area contributed by atoms with Crippen molar-refractivity contribution in [1.82, 2.24) is 9.38 Å². The fourth-order valence-corrected chi connectivity index (χ4v) is 3.03. The number of ether oxygens (including phenoxy) is 1. The van der Waals surface area contributed by atoms with Crippen LogP contribution in [0, 0.1) is 0 Å². The quantitative estimate of drug-likeness (QED) is 0.802. The molecule has 6 heteroatoms. The second-order valence-electron chi connectivity index (χ2n) is 4.37. The van der Waals surface area contributed by atoms with Gasteiger partial charge in [-0.3, -0.25) is 4.40 Å². The molecular weight excluding hydrogens is 272 g/mol. The van der Waals surface area contributed by atoms with Gasteiger partial charge in [-0.25, -0.2) is 4.98 Å². The molecule has 2 N–H and O–H groups in total. The van der Waals surface area contributed by atoms with Crippen molar-refractivity contribution in [2.24, 2.45) is 5.73 Å². The van der Waals surface area contributed by atoms with E-state index in [0.717, 1.165) is 27.9 Å². The maximum atomic E-state index is 5.89. The van der Waals surface area contributed by atoms with Crippen LogP contribution in [0.3, 0.4) is 0 Å². The van der Waals surface area contributed by atoms with Crippen LogP contribution < -0.4 is 15.4 Å². The van der Waals surface area contributed by atoms with Gasteiger partial charge in [0.15, 0.2) is 10.8 Å². The Balaban J connectivity index is 2.12. The summed E-state index contributed by atoms with van der Waals surface area (Å²) < 4.78 is 7.45. The van der Waals surface area contributed by atoms with E-state index in [0.29, 0.717) is 6.54 Å². The Morgan fingerprint density at radius 3 is 2.95 bits per heavy atom. The number of aromatic nitrogens is 2. The average Bonchev–Trinajstić information content (AvgIpc) is 3.06. The van der Waals surface area contributed by atoms with Crippen LogP contribution in [0.25, 0.3) is 4.96 Å². The number of benzene rings is 1. The third-order valence-electron chi connectivity index (χ3n) is 3.30. The van der Waals surface area contributed by atoms with Crippen molar-refractivity contribution in [3.63, 3.8) is 0 Å². The largest absolute Gasteiger partial charge is 0.495 e. The van der Waals surface area contributed by atoms with Crippen molar-refractivity contribution in [2.75, 3.05) is 19.1 Å². The normalized spacial score (nSPS) is 10.9. The van der Waals surface area contributed by atoms with Crippen LogP contribution in [-0.4, -0.2) is 23.5 Å². The molecule has 0 atom stereocenters. The molecule has 0 saturated heterocycles. The number of nitrogens with zero attached hydrogens (tertiary/aromatic N) is 3. The topological polar surface area (TPSA) is 55.8 Å². The summed E-state index contributed by atoms with van der Waals surface area (Å²) in [6, 6.07) is 7.87. The van der Waals surface area contributed by atoms with E-state index in [-0.39, 0.29) is 0 Å². The molecule has 0 amide bonds. The predicted octanol–water partition coefficient (Wildman–Crippen LogP) is 2.63. The van der Waals surface area contributed by atoms with Crippen LogP contribution in [-0.2, 0) is 6.54 Å². The number of para-hydroxylation sites is 2. The molecule has 0 radical (unpaired) electrons. The number of hydrogen-bond acceptors (Lipinski definition) is 5. The van der Waals surface area contributed by atoms with E-state index in [4.69, 9.17) is 10.5 Å². The van der Waals surface area contributed by atoms with Gasteiger partial charge in [-0.2, -0.15) is 0 Å². The van der Waals surface area contributed by atoms with Gasteiger partial charge in [-0.15, -0.1) is 11.3 Å². The van der Waals surface area contributed by atoms with Gasteiger partial charge in [-0.05, 0) is 12.1 Å². The molecule has 2 heterocycles. The fourth-order valence-electron chi connectivity index (χ4n) is 2.30. The number of anilines is 2. The SMILES string of the molecule is COc1ccccc1N(C)c1nc2sccn2c1CN. The number of nitrogens with two attached hydrogens (primary N) is 1. The fraction of sp³-hybridized carbons (Fsp3) is 0.214. The van der Waals surface area contributed by atoms with Crippen molar-refractivity contribution in [3.8, 4) is 5.75 Å². The number of imidazole rings is 1. The van der Waals surface area contributed by atoms with Crippen molar-refractivity contribution < 1.29 is 4.74 Å². The van der Waals surface area contributed by atoms with Gasteiger partial charge in [0.25, 0.3) is 0 Å². The third-order valence-corrected chi connectivity index (χ3v) is 4.05. The summed E-state index contributed by atoms with van der Waals surface area (Å²) in [5, 5.41) is 2.01. The molecule has 2 aromatic heterocycles. The minimum atomic E-state index is 0.437. The standard InChI is InChI=1S/C14H16N4OS/c1-17(10-5-3-4-6-12(10)19-2)13-11(9-15)18-7-8-20-14(18)16-13/h3-8H,9,15H2,1-2H3. The predicted molar refractivity (Wildman–Crippen MR) is 82.0 cm³/mol. The zero-order valence-electron chi connectivity index (χ0n) is 11.4. The smallest absolute Gasteiger partial charge is 0.195 e. The van der Waals surface area contributed by atoms with E-state index in [2.05, 4.69) is 4.98 Å². The molecular formula is C14H16N4OS. The lowest BCUT2D eigenvalue weighted by Gasteiger charge is -2.20. The van der Waals surface area contributed by atoms with Gasteiger partial charge in [0.2, 0.25) is 0 Å². The van der Waals surface area contributed by atoms with Crippen molar-refractivity contribution in [2.45, 2.75) is 6.54 Å². The number of rotatable bonds is 4. The minimum absolute atomic E-state index is 0.437. The summed E-state index contributed by atoms with van der Waals surface area (Å²) in [6.45, 7) is 0.437. The molecule has 3 rings (SSSR count). The first kappa shape index (κ1) is 13.0. The number of methoxy groups -OCH3 is 1. The van der Waals surface area contributed by atoms with Crippen molar-refractivity contribution in [3.05, 3.63) is 41.5 Å². The zero-order valence-corrected chi connectivity index (χ0v) is 12.2. The number of hydrogen-bond donors (Lipinski definition) is 1. The monoisotopic (exact) mass is 288 g/mol. The van der Waals surface area contributed by atoms with Crippen LogP contribution in [0.4, 0.5) is 11.5 Å². The Hall–Kier alpha value is -2.05. The average molecular weight is 288 g/mol. The highest BCUT2D eigenvalue weighted by Gasteiger charge is 2.18. The molecule has 3 aromatic rings. The van der Waals surface area contributed by atoms with Crippen LogP contribution in [0.5, 0.6) is 5.75 Å². The van der Waals surface area contributed by atoms with Crippen LogP contribution >= 0.6 is 11.3 Å². The molecule has 20 heavy (non-hydrogen) atoms. The first-order valence-corrected chi connectivity index (χ1v) is 7.15. The maximum absolute atomic E-state index is 5.89. The second kappa shape index (κ2) is 5.15. The zero-order chi connectivity index (χ0) is 14.1. The third kappa shape index (κ3) is 1.93. The minimum Gasteiger partial charge on any atom is -0.495 e. The number of thiazole rings is 1. The van der Waals surface area contributed by atoms with E-state index in [1.54, 1.807) is 18.4 Å². The van der Waals surface area contributed by atoms with Gasteiger partial charge in [0.1, 0.15) is 5.75 Å². The molecule has 0 aliphatic rings. The van der Waals surface area contributed by atoms with E-state index in [1.807, 2.05) is 52.2 Å². The van der Waals surface area contributed by atoms with Gasteiger partial charge < -0.3 is 15.4 Å². The molecule has 0 unspecified atom stereocenters. The summed E-state index contributed by atoms with van der Waals surface area (Å²) >= 11 is 1.60. The molecule has 5 nitrogen and oxygen atoms in total. The molecule has 0 saturated carbocycles. The van der Waals surface area contributed by atoms with Gasteiger partial charge in [0.05, 0.1) is 18.5 Å². The van der Waals surface area contributed by atoms with Crippen LogP contribution in [0.1, 0.15) is 5.69 Å². The molecule has 0 spiro atoms. The highest BCUT2D eigenvalue weighted by atomic mass is 32.1. The molecule has 0 bridgehead atoms. The molecule has 104 valence electrons. The Bertz CT molecular complexity index is 734. The molecule has 0 fully saturated rings. The van der Waals surface area contributed by atoms with Crippen LogP contribution in [0.2, 0.25) is 0 Å². The lowest BCUT2D eigenvalue weighted by molar-refractivity contribution is 0.415.